The Morgan fingerprint density at radius 3 is 2.51 bits per heavy atom. The van der Waals surface area contributed by atoms with Gasteiger partial charge in [0.15, 0.2) is 17.4 Å². The highest BCUT2D eigenvalue weighted by molar-refractivity contribution is 5.85. The molecule has 0 aliphatic carbocycles. The molecule has 196 valence electrons. The molecule has 1 atom stereocenters. The van der Waals surface area contributed by atoms with E-state index in [1.54, 1.807) is 12.5 Å². The first-order valence-electron chi connectivity index (χ1n) is 11.8. The first kappa shape index (κ1) is 26.1. The van der Waals surface area contributed by atoms with Gasteiger partial charge in [-0.1, -0.05) is 30.3 Å². The molecule has 8 nitrogen and oxygen atoms in total. The van der Waals surface area contributed by atoms with Gasteiger partial charge in [-0.15, -0.1) is 0 Å². The zero-order valence-electron chi connectivity index (χ0n) is 20.2. The van der Waals surface area contributed by atoms with E-state index in [0.29, 0.717) is 12.2 Å². The number of nitrogens with one attached hydrogen (secondary N) is 1. The van der Waals surface area contributed by atoms with Crippen molar-refractivity contribution in [1.29, 1.82) is 0 Å². The summed E-state index contributed by atoms with van der Waals surface area (Å²) in [6.45, 7) is 0.983. The number of carbonyl (C=O) groups excluding carboxylic acids is 1. The van der Waals surface area contributed by atoms with Crippen LogP contribution in [0.1, 0.15) is 24.1 Å². The van der Waals surface area contributed by atoms with Crippen molar-refractivity contribution < 1.29 is 32.6 Å². The number of halogens is 3. The van der Waals surface area contributed by atoms with Crippen molar-refractivity contribution >= 4 is 17.6 Å². The minimum atomic E-state index is -1.40. The van der Waals surface area contributed by atoms with Crippen molar-refractivity contribution in [1.82, 2.24) is 14.9 Å². The molecule has 0 bridgehead atoms. The number of carbonyl (C=O) groups is 2. The third kappa shape index (κ3) is 6.04. The van der Waals surface area contributed by atoms with Gasteiger partial charge in [-0.3, -0.25) is 4.79 Å². The quantitative estimate of drug-likeness (QED) is 0.424. The fourth-order valence-electron chi connectivity index (χ4n) is 4.45. The lowest BCUT2D eigenvalue weighted by atomic mass is 9.94. The van der Waals surface area contributed by atoms with Crippen molar-refractivity contribution in [3.05, 3.63) is 77.6 Å². The fraction of sp³-hybridized carbons (Fsp3) is 0.346. The van der Waals surface area contributed by atoms with Crippen LogP contribution in [0.2, 0.25) is 0 Å². The number of anilines is 1. The molecule has 1 aromatic heterocycles. The molecule has 1 saturated heterocycles. The lowest BCUT2D eigenvalue weighted by Gasteiger charge is -2.33. The van der Waals surface area contributed by atoms with E-state index in [4.69, 9.17) is 0 Å². The molecule has 2 N–H and O–H groups in total. The Balaban J connectivity index is 1.35. The van der Waals surface area contributed by atoms with Gasteiger partial charge in [0.2, 0.25) is 11.7 Å². The summed E-state index contributed by atoms with van der Waals surface area (Å²) in [6, 6.07) is 9.33. The van der Waals surface area contributed by atoms with Crippen molar-refractivity contribution in [2.75, 3.05) is 25.1 Å². The van der Waals surface area contributed by atoms with Crippen LogP contribution in [0, 0.1) is 23.4 Å². The zero-order chi connectivity index (χ0) is 26.5. The summed E-state index contributed by atoms with van der Waals surface area (Å²) in [4.78, 5) is 30.5. The highest BCUT2D eigenvalue weighted by Crippen LogP contribution is 2.34. The van der Waals surface area contributed by atoms with Crippen LogP contribution >= 0.6 is 0 Å². The Morgan fingerprint density at radius 1 is 1.16 bits per heavy atom. The smallest absolute Gasteiger partial charge is 0.326 e. The van der Waals surface area contributed by atoms with E-state index in [2.05, 4.69) is 15.0 Å². The van der Waals surface area contributed by atoms with Crippen molar-refractivity contribution in [3.8, 4) is 5.75 Å². The normalized spacial score (nSPS) is 14.9. The fourth-order valence-corrected chi connectivity index (χ4v) is 4.45. The number of hydrogen-bond donors (Lipinski definition) is 2. The number of imidazole rings is 1. The molecule has 37 heavy (non-hydrogen) atoms. The van der Waals surface area contributed by atoms with Crippen LogP contribution in [-0.2, 0) is 22.6 Å². The monoisotopic (exact) mass is 516 g/mol. The Hall–Kier alpha value is -4.02. The van der Waals surface area contributed by atoms with Gasteiger partial charge >= 0.3 is 5.97 Å². The number of aliphatic carboxylic acids is 1. The van der Waals surface area contributed by atoms with Gasteiger partial charge in [0, 0.05) is 44.2 Å². The molecule has 4 rings (SSSR count). The molecule has 1 fully saturated rings. The third-order valence-corrected chi connectivity index (χ3v) is 6.43. The topological polar surface area (TPSA) is 96.7 Å². The van der Waals surface area contributed by atoms with Gasteiger partial charge in [0.05, 0.1) is 24.8 Å². The van der Waals surface area contributed by atoms with Gasteiger partial charge in [-0.05, 0) is 18.4 Å². The zero-order valence-corrected chi connectivity index (χ0v) is 20.2. The molecular weight excluding hydrogens is 489 g/mol. The van der Waals surface area contributed by atoms with Gasteiger partial charge in [-0.25, -0.2) is 18.6 Å². The van der Waals surface area contributed by atoms with E-state index in [1.807, 2.05) is 34.9 Å². The molecule has 0 radical (unpaired) electrons. The molecule has 11 heteroatoms. The maximum Gasteiger partial charge on any atom is 0.326 e. The number of rotatable bonds is 9. The van der Waals surface area contributed by atoms with E-state index < -0.39 is 47.0 Å². The van der Waals surface area contributed by atoms with Crippen LogP contribution in [-0.4, -0.2) is 52.8 Å². The molecule has 3 aromatic rings. The van der Waals surface area contributed by atoms with Crippen LogP contribution in [0.25, 0.3) is 0 Å². The second-order valence-corrected chi connectivity index (χ2v) is 8.93. The average molecular weight is 517 g/mol. The van der Waals surface area contributed by atoms with Crippen LogP contribution < -0.4 is 15.0 Å². The summed E-state index contributed by atoms with van der Waals surface area (Å²) < 4.78 is 48.8. The number of methoxy groups -OCH3 is 1. The summed E-state index contributed by atoms with van der Waals surface area (Å²) in [5.74, 6) is -6.57. The number of carboxylic acids is 1. The van der Waals surface area contributed by atoms with Crippen LogP contribution in [0.15, 0.2) is 48.9 Å². The maximum absolute atomic E-state index is 14.6. The molecule has 2 aromatic carbocycles. The van der Waals surface area contributed by atoms with Crippen LogP contribution in [0.5, 0.6) is 5.75 Å². The number of ether oxygens (including phenoxy) is 1. The maximum atomic E-state index is 14.6. The predicted molar refractivity (Wildman–Crippen MR) is 129 cm³/mol. The molecule has 1 aliphatic rings. The molecule has 0 saturated carbocycles. The Bertz CT molecular complexity index is 1260. The molecule has 1 amide bonds. The van der Waals surface area contributed by atoms with Gasteiger partial charge in [0.25, 0.3) is 0 Å². The second-order valence-electron chi connectivity index (χ2n) is 8.93. The number of aromatic nitrogens is 2. The molecule has 1 aliphatic heterocycles. The Labute approximate surface area is 211 Å². The standard InChI is InChI=1S/C26H27F3N4O4/c1-37-24-22(28)19(27)12-21(23(24)29)33-9-7-17(8-10-33)25(34)31-20(26(35)36)11-18-14-32(15-30-18)13-16-5-3-2-4-6-16/h2-6,12,14-15,17,20H,7-11,13H2,1H3,(H,31,34)(H,35,36). The molecule has 0 spiro atoms. The Morgan fingerprint density at radius 2 is 1.86 bits per heavy atom. The largest absolute Gasteiger partial charge is 0.491 e. The van der Waals surface area contributed by atoms with E-state index in [9.17, 15) is 27.9 Å². The van der Waals surface area contributed by atoms with Gasteiger partial charge in [-0.2, -0.15) is 4.39 Å². The number of hydrogen-bond acceptors (Lipinski definition) is 5. The van der Waals surface area contributed by atoms with Crippen molar-refractivity contribution in [2.45, 2.75) is 31.8 Å². The molecular formula is C26H27F3N4O4. The summed E-state index contributed by atoms with van der Waals surface area (Å²) in [5, 5.41) is 12.3. The van der Waals surface area contributed by atoms with E-state index in [0.717, 1.165) is 18.7 Å². The molecule has 1 unspecified atom stereocenters. The lowest BCUT2D eigenvalue weighted by Crippen LogP contribution is -2.47. The minimum absolute atomic E-state index is 0.0154. The highest BCUT2D eigenvalue weighted by atomic mass is 19.2. The van der Waals surface area contributed by atoms with Gasteiger partial charge < -0.3 is 24.6 Å². The first-order chi connectivity index (χ1) is 17.8. The van der Waals surface area contributed by atoms with E-state index >= 15 is 0 Å². The average Bonchev–Trinajstić information content (AvgIpc) is 3.33. The van der Waals surface area contributed by atoms with Crippen LogP contribution in [0.4, 0.5) is 18.9 Å². The molecule has 2 heterocycles. The van der Waals surface area contributed by atoms with E-state index in [-0.39, 0.29) is 38.0 Å². The van der Waals surface area contributed by atoms with Crippen molar-refractivity contribution in [2.24, 2.45) is 5.92 Å². The number of benzene rings is 2. The summed E-state index contributed by atoms with van der Waals surface area (Å²) >= 11 is 0. The van der Waals surface area contributed by atoms with Crippen molar-refractivity contribution in [3.63, 3.8) is 0 Å². The third-order valence-electron chi connectivity index (χ3n) is 6.43. The van der Waals surface area contributed by atoms with E-state index in [1.165, 1.54) is 4.90 Å². The summed E-state index contributed by atoms with van der Waals surface area (Å²) in [5.41, 5.74) is 1.45. The lowest BCUT2D eigenvalue weighted by molar-refractivity contribution is -0.142. The predicted octanol–water partition coefficient (Wildman–Crippen LogP) is 3.39. The minimum Gasteiger partial charge on any atom is -0.491 e. The summed E-state index contributed by atoms with van der Waals surface area (Å²) in [6.07, 6.45) is 3.94. The highest BCUT2D eigenvalue weighted by Gasteiger charge is 2.31. The van der Waals surface area contributed by atoms with Crippen LogP contribution in [0.3, 0.4) is 0 Å². The number of amides is 1. The second kappa shape index (κ2) is 11.4. The Kier molecular flexibility index (Phi) is 8.00. The first-order valence-corrected chi connectivity index (χ1v) is 11.8. The number of piperidine rings is 1. The number of carboxylic acid groups (broad SMARTS) is 1. The SMILES string of the molecule is COc1c(F)c(F)cc(N2CCC(C(=O)NC(Cc3cn(Cc4ccccc4)cn3)C(=O)O)CC2)c1F. The van der Waals surface area contributed by atoms with Gasteiger partial charge in [0.1, 0.15) is 6.04 Å². The summed E-state index contributed by atoms with van der Waals surface area (Å²) in [7, 11) is 1.05. The number of nitrogens with zero attached hydrogens (tertiary/aromatic N) is 3.